The molecule has 3 unspecified atom stereocenters. The maximum atomic E-state index is 13.8. The van der Waals surface area contributed by atoms with E-state index in [2.05, 4.69) is 5.32 Å². The molecule has 4 rings (SSSR count). The number of nitrogens with two attached hydrogens (primary N) is 1. The van der Waals surface area contributed by atoms with Gasteiger partial charge in [0.1, 0.15) is 17.9 Å². The number of aliphatic hydroxyl groups is 1. The minimum Gasteiger partial charge on any atom is -0.508 e. The number of benzene rings is 3. The summed E-state index contributed by atoms with van der Waals surface area (Å²) in [5.41, 5.74) is 8.28. The van der Waals surface area contributed by atoms with E-state index in [0.29, 0.717) is 21.9 Å². The van der Waals surface area contributed by atoms with Crippen molar-refractivity contribution in [2.75, 3.05) is 11.6 Å². The van der Waals surface area contributed by atoms with E-state index >= 15 is 0 Å². The van der Waals surface area contributed by atoms with Crippen LogP contribution in [-0.4, -0.2) is 56.5 Å². The van der Waals surface area contributed by atoms with Gasteiger partial charge in [0.15, 0.2) is 5.78 Å². The van der Waals surface area contributed by atoms with Crippen LogP contribution in [-0.2, 0) is 16.1 Å². The third-order valence-electron chi connectivity index (χ3n) is 6.92. The molecule has 0 bridgehead atoms. The van der Waals surface area contributed by atoms with Crippen molar-refractivity contribution >= 4 is 41.0 Å². The molecule has 3 aromatic rings. The Bertz CT molecular complexity index is 1360. The summed E-state index contributed by atoms with van der Waals surface area (Å²) in [6, 6.07) is 18.5. The highest BCUT2D eigenvalue weighted by Crippen LogP contribution is 2.32. The van der Waals surface area contributed by atoms with E-state index in [-0.39, 0.29) is 29.6 Å². The SMILES string of the molecule is Cc1c(O)cccc1C(=O)C(C(O)C(=O)N1CSC[C@H]1C(=O)NCc1ccccc1Cl)C(N)c1ccccc1. The Kier molecular flexibility index (Phi) is 9.29. The van der Waals surface area contributed by atoms with E-state index in [1.807, 2.05) is 6.07 Å². The average Bonchev–Trinajstić information content (AvgIpc) is 3.44. The maximum absolute atomic E-state index is 13.8. The summed E-state index contributed by atoms with van der Waals surface area (Å²) in [6.07, 6.45) is -1.83. The zero-order valence-corrected chi connectivity index (χ0v) is 22.9. The molecule has 0 spiro atoms. The summed E-state index contributed by atoms with van der Waals surface area (Å²) in [5, 5.41) is 24.9. The summed E-state index contributed by atoms with van der Waals surface area (Å²) in [4.78, 5) is 41.8. The molecule has 5 N–H and O–H groups in total. The lowest BCUT2D eigenvalue weighted by Crippen LogP contribution is -2.53. The van der Waals surface area contributed by atoms with Gasteiger partial charge in [-0.2, -0.15) is 0 Å². The predicted molar refractivity (Wildman–Crippen MR) is 151 cm³/mol. The molecule has 3 aromatic carbocycles. The minimum atomic E-state index is -1.83. The summed E-state index contributed by atoms with van der Waals surface area (Å²) in [5.74, 6) is -2.67. The number of rotatable bonds is 9. The van der Waals surface area contributed by atoms with Gasteiger partial charge < -0.3 is 26.2 Å². The van der Waals surface area contributed by atoms with E-state index in [4.69, 9.17) is 17.3 Å². The van der Waals surface area contributed by atoms with Crippen molar-refractivity contribution in [1.29, 1.82) is 0 Å². The number of thioether (sulfide) groups is 1. The number of hydrogen-bond donors (Lipinski definition) is 4. The number of phenolic OH excluding ortho intramolecular Hbond substituents is 1. The van der Waals surface area contributed by atoms with Crippen LogP contribution in [0.1, 0.15) is 33.1 Å². The van der Waals surface area contributed by atoms with Gasteiger partial charge >= 0.3 is 0 Å². The summed E-state index contributed by atoms with van der Waals surface area (Å²) in [7, 11) is 0. The molecule has 0 aliphatic carbocycles. The van der Waals surface area contributed by atoms with E-state index in [1.54, 1.807) is 55.5 Å². The number of nitrogens with zero attached hydrogens (tertiary/aromatic N) is 1. The molecule has 0 radical (unpaired) electrons. The predicted octanol–water partition coefficient (Wildman–Crippen LogP) is 3.43. The Morgan fingerprint density at radius 2 is 1.77 bits per heavy atom. The van der Waals surface area contributed by atoms with Gasteiger partial charge in [0.25, 0.3) is 5.91 Å². The van der Waals surface area contributed by atoms with Crippen LogP contribution in [0.5, 0.6) is 5.75 Å². The first-order valence-corrected chi connectivity index (χ1v) is 13.9. The smallest absolute Gasteiger partial charge is 0.253 e. The van der Waals surface area contributed by atoms with E-state index < -0.39 is 35.8 Å². The van der Waals surface area contributed by atoms with Gasteiger partial charge in [0.2, 0.25) is 5.91 Å². The Labute approximate surface area is 236 Å². The second kappa shape index (κ2) is 12.7. The van der Waals surface area contributed by atoms with Crippen molar-refractivity contribution in [3.63, 3.8) is 0 Å². The molecule has 1 saturated heterocycles. The number of carbonyl (C=O) groups excluding carboxylic acids is 3. The number of aliphatic hydroxyl groups excluding tert-OH is 1. The number of aromatic hydroxyl groups is 1. The lowest BCUT2D eigenvalue weighted by atomic mass is 9.81. The lowest BCUT2D eigenvalue weighted by Gasteiger charge is -2.31. The second-order valence-electron chi connectivity index (χ2n) is 9.35. The third kappa shape index (κ3) is 6.28. The molecule has 204 valence electrons. The maximum Gasteiger partial charge on any atom is 0.253 e. The van der Waals surface area contributed by atoms with Crippen molar-refractivity contribution in [2.24, 2.45) is 11.7 Å². The molecule has 10 heteroatoms. The fourth-order valence-corrected chi connectivity index (χ4v) is 5.96. The number of halogens is 1. The normalized spacial score (nSPS) is 17.3. The molecular weight excluding hydrogens is 538 g/mol. The molecule has 39 heavy (non-hydrogen) atoms. The first kappa shape index (κ1) is 28.6. The highest BCUT2D eigenvalue weighted by molar-refractivity contribution is 7.99. The quantitative estimate of drug-likeness (QED) is 0.291. The number of hydrogen-bond acceptors (Lipinski definition) is 7. The molecule has 4 atom stereocenters. The molecule has 1 aliphatic rings. The number of nitrogens with one attached hydrogen (secondary N) is 1. The first-order chi connectivity index (χ1) is 18.7. The van der Waals surface area contributed by atoms with Crippen molar-refractivity contribution in [3.05, 3.63) is 100 Å². The number of phenols is 1. The van der Waals surface area contributed by atoms with Crippen molar-refractivity contribution in [3.8, 4) is 5.75 Å². The first-order valence-electron chi connectivity index (χ1n) is 12.4. The van der Waals surface area contributed by atoms with Crippen LogP contribution in [0.2, 0.25) is 5.02 Å². The van der Waals surface area contributed by atoms with Crippen LogP contribution in [0.15, 0.2) is 72.8 Å². The summed E-state index contributed by atoms with van der Waals surface area (Å²) < 4.78 is 0. The minimum absolute atomic E-state index is 0.0834. The van der Waals surface area contributed by atoms with Gasteiger partial charge in [0.05, 0.1) is 11.8 Å². The van der Waals surface area contributed by atoms with Crippen LogP contribution < -0.4 is 11.1 Å². The van der Waals surface area contributed by atoms with Gasteiger partial charge in [-0.1, -0.05) is 72.3 Å². The van der Waals surface area contributed by atoms with E-state index in [9.17, 15) is 24.6 Å². The van der Waals surface area contributed by atoms with Gasteiger partial charge in [-0.05, 0) is 30.2 Å². The highest BCUT2D eigenvalue weighted by atomic mass is 35.5. The molecule has 1 fully saturated rings. The molecule has 0 aromatic heterocycles. The third-order valence-corrected chi connectivity index (χ3v) is 8.30. The molecule has 0 saturated carbocycles. The van der Waals surface area contributed by atoms with Crippen LogP contribution in [0.4, 0.5) is 0 Å². The Morgan fingerprint density at radius 3 is 2.49 bits per heavy atom. The van der Waals surface area contributed by atoms with E-state index in [0.717, 1.165) is 5.56 Å². The topological polar surface area (TPSA) is 133 Å². The van der Waals surface area contributed by atoms with Crippen LogP contribution in [0, 0.1) is 12.8 Å². The van der Waals surface area contributed by atoms with Gasteiger partial charge in [-0.25, -0.2) is 0 Å². The van der Waals surface area contributed by atoms with E-state index in [1.165, 1.54) is 34.9 Å². The number of amides is 2. The number of Topliss-reactive ketones (excluding diaryl/α,β-unsaturated/α-hetero) is 1. The standard InChI is InChI=1S/C29H30ClN3O5S/c1-17-20(11-7-13-23(17)34)26(35)24(25(31)18-8-3-2-4-9-18)27(36)29(38)33-16-39-15-22(33)28(37)32-14-19-10-5-6-12-21(19)30/h2-13,22,24-25,27,34,36H,14-16,31H2,1H3,(H,32,37)/t22-,24?,25?,27?/m0/s1. The van der Waals surface area contributed by atoms with Crippen LogP contribution in [0.25, 0.3) is 0 Å². The Morgan fingerprint density at radius 1 is 1.08 bits per heavy atom. The zero-order chi connectivity index (χ0) is 28.1. The fraction of sp³-hybridized carbons (Fsp3) is 0.276. The molecular formula is C29H30ClN3O5S. The second-order valence-corrected chi connectivity index (χ2v) is 10.8. The monoisotopic (exact) mass is 567 g/mol. The van der Waals surface area contributed by atoms with Crippen molar-refractivity contribution in [1.82, 2.24) is 10.2 Å². The average molecular weight is 568 g/mol. The Balaban J connectivity index is 1.58. The zero-order valence-electron chi connectivity index (χ0n) is 21.3. The molecule has 2 amide bonds. The van der Waals surface area contributed by atoms with Crippen LogP contribution in [0.3, 0.4) is 0 Å². The summed E-state index contributed by atoms with van der Waals surface area (Å²) in [6.45, 7) is 1.76. The van der Waals surface area contributed by atoms with Gasteiger partial charge in [-0.15, -0.1) is 11.8 Å². The number of ketones is 1. The molecule has 1 aliphatic heterocycles. The molecule has 1 heterocycles. The largest absolute Gasteiger partial charge is 0.508 e. The Hall–Kier alpha value is -3.37. The number of carbonyl (C=O) groups is 3. The van der Waals surface area contributed by atoms with Gasteiger partial charge in [-0.3, -0.25) is 14.4 Å². The van der Waals surface area contributed by atoms with Crippen molar-refractivity contribution < 1.29 is 24.6 Å². The fourth-order valence-electron chi connectivity index (χ4n) is 4.60. The van der Waals surface area contributed by atoms with Gasteiger partial charge in [0, 0.05) is 34.5 Å². The van der Waals surface area contributed by atoms with Crippen LogP contribution >= 0.6 is 23.4 Å². The lowest BCUT2D eigenvalue weighted by molar-refractivity contribution is -0.146. The van der Waals surface area contributed by atoms with Crippen molar-refractivity contribution in [2.45, 2.75) is 31.7 Å². The molecule has 8 nitrogen and oxygen atoms in total. The summed E-state index contributed by atoms with van der Waals surface area (Å²) >= 11 is 7.56. The highest BCUT2D eigenvalue weighted by Gasteiger charge is 2.44.